The predicted octanol–water partition coefficient (Wildman–Crippen LogP) is 2.06. The van der Waals surface area contributed by atoms with Crippen molar-refractivity contribution in [3.05, 3.63) is 0 Å². The zero-order valence-corrected chi connectivity index (χ0v) is 10.6. The van der Waals surface area contributed by atoms with Gasteiger partial charge in [0, 0.05) is 13.0 Å². The van der Waals surface area contributed by atoms with Gasteiger partial charge in [-0.15, -0.1) is 12.3 Å². The van der Waals surface area contributed by atoms with Crippen molar-refractivity contribution in [2.45, 2.75) is 33.6 Å². The molecule has 0 bridgehead atoms. The van der Waals surface area contributed by atoms with Gasteiger partial charge < -0.3 is 9.80 Å². The van der Waals surface area contributed by atoms with E-state index in [-0.39, 0.29) is 0 Å². The number of rotatable bonds is 9. The lowest BCUT2D eigenvalue weighted by molar-refractivity contribution is 0.247. The van der Waals surface area contributed by atoms with Crippen LogP contribution < -0.4 is 0 Å². The summed E-state index contributed by atoms with van der Waals surface area (Å²) >= 11 is 0. The van der Waals surface area contributed by atoms with Crippen LogP contribution in [0.25, 0.3) is 0 Å². The Morgan fingerprint density at radius 1 is 0.867 bits per heavy atom. The summed E-state index contributed by atoms with van der Waals surface area (Å²) in [6.07, 6.45) is 7.39. The molecule has 0 aromatic heterocycles. The van der Waals surface area contributed by atoms with Crippen LogP contribution in [0.2, 0.25) is 0 Å². The molecule has 0 amide bonds. The van der Waals surface area contributed by atoms with E-state index in [4.69, 9.17) is 6.42 Å². The number of nitrogens with zero attached hydrogens (tertiary/aromatic N) is 2. The maximum atomic E-state index is 5.27. The Morgan fingerprint density at radius 2 is 1.40 bits per heavy atom. The van der Waals surface area contributed by atoms with Gasteiger partial charge in [0.15, 0.2) is 0 Å². The van der Waals surface area contributed by atoms with Gasteiger partial charge in [0.1, 0.15) is 0 Å². The maximum Gasteiger partial charge on any atom is 0.0214 e. The Hall–Kier alpha value is -0.520. The first-order chi connectivity index (χ1) is 7.28. The van der Waals surface area contributed by atoms with Gasteiger partial charge in [0.25, 0.3) is 0 Å². The second-order valence-corrected chi connectivity index (χ2v) is 3.77. The standard InChI is InChI=1S/C13H26N2/c1-5-9-11-15(8-4)13-10-12-14(6-2)7-3/h1H,6-13H2,2-4H3. The fraction of sp³-hybridized carbons (Fsp3) is 0.846. The van der Waals surface area contributed by atoms with Gasteiger partial charge in [0.05, 0.1) is 0 Å². The van der Waals surface area contributed by atoms with E-state index in [1.165, 1.54) is 19.5 Å². The van der Waals surface area contributed by atoms with Crippen LogP contribution in [0, 0.1) is 12.3 Å². The van der Waals surface area contributed by atoms with Crippen molar-refractivity contribution in [2.75, 3.05) is 39.3 Å². The zero-order chi connectivity index (χ0) is 11.5. The molecule has 0 atom stereocenters. The van der Waals surface area contributed by atoms with Crippen molar-refractivity contribution in [3.8, 4) is 12.3 Å². The first kappa shape index (κ1) is 14.5. The summed E-state index contributed by atoms with van der Waals surface area (Å²) in [4.78, 5) is 4.90. The highest BCUT2D eigenvalue weighted by atomic mass is 15.1. The smallest absolute Gasteiger partial charge is 0.0214 e. The van der Waals surface area contributed by atoms with Gasteiger partial charge >= 0.3 is 0 Å². The summed E-state index contributed by atoms with van der Waals surface area (Å²) in [5.74, 6) is 2.70. The molecular weight excluding hydrogens is 184 g/mol. The molecule has 0 saturated heterocycles. The summed E-state index contributed by atoms with van der Waals surface area (Å²) in [5, 5.41) is 0. The van der Waals surface area contributed by atoms with Crippen LogP contribution in [0.1, 0.15) is 33.6 Å². The molecule has 0 heterocycles. The molecule has 0 aromatic carbocycles. The third kappa shape index (κ3) is 7.41. The lowest BCUT2D eigenvalue weighted by Gasteiger charge is -2.22. The Labute approximate surface area is 95.6 Å². The quantitative estimate of drug-likeness (QED) is 0.538. The molecular formula is C13H26N2. The molecule has 0 fully saturated rings. The maximum absolute atomic E-state index is 5.27. The van der Waals surface area contributed by atoms with Crippen molar-refractivity contribution in [1.82, 2.24) is 9.80 Å². The second-order valence-electron chi connectivity index (χ2n) is 3.77. The van der Waals surface area contributed by atoms with E-state index in [1.807, 2.05) is 0 Å². The normalized spacial score (nSPS) is 10.9. The van der Waals surface area contributed by atoms with Crippen molar-refractivity contribution >= 4 is 0 Å². The molecule has 0 aliphatic heterocycles. The zero-order valence-electron chi connectivity index (χ0n) is 10.6. The predicted molar refractivity (Wildman–Crippen MR) is 68.0 cm³/mol. The minimum atomic E-state index is 0.874. The minimum Gasteiger partial charge on any atom is -0.304 e. The van der Waals surface area contributed by atoms with Gasteiger partial charge in [-0.1, -0.05) is 20.8 Å². The first-order valence-electron chi connectivity index (χ1n) is 6.16. The number of hydrogen-bond donors (Lipinski definition) is 0. The monoisotopic (exact) mass is 210 g/mol. The van der Waals surface area contributed by atoms with Crippen LogP contribution in [0.4, 0.5) is 0 Å². The topological polar surface area (TPSA) is 6.48 Å². The molecule has 0 spiro atoms. The molecule has 0 N–H and O–H groups in total. The van der Waals surface area contributed by atoms with E-state index in [0.29, 0.717) is 0 Å². The van der Waals surface area contributed by atoms with E-state index >= 15 is 0 Å². The van der Waals surface area contributed by atoms with Crippen molar-refractivity contribution in [3.63, 3.8) is 0 Å². The fourth-order valence-corrected chi connectivity index (χ4v) is 1.71. The lowest BCUT2D eigenvalue weighted by atomic mass is 10.3. The molecule has 0 saturated carbocycles. The van der Waals surface area contributed by atoms with E-state index < -0.39 is 0 Å². The van der Waals surface area contributed by atoms with Gasteiger partial charge in [-0.2, -0.15) is 0 Å². The Morgan fingerprint density at radius 3 is 1.87 bits per heavy atom. The van der Waals surface area contributed by atoms with Crippen molar-refractivity contribution in [2.24, 2.45) is 0 Å². The van der Waals surface area contributed by atoms with Crippen LogP contribution in [-0.4, -0.2) is 49.1 Å². The Balaban J connectivity index is 3.57. The van der Waals surface area contributed by atoms with Crippen LogP contribution in [0.15, 0.2) is 0 Å². The molecule has 88 valence electrons. The minimum absolute atomic E-state index is 0.874. The molecule has 15 heavy (non-hydrogen) atoms. The number of terminal acetylenes is 1. The summed E-state index contributed by atoms with van der Waals surface area (Å²) < 4.78 is 0. The van der Waals surface area contributed by atoms with E-state index in [0.717, 1.165) is 32.6 Å². The lowest BCUT2D eigenvalue weighted by Crippen LogP contribution is -2.30. The van der Waals surface area contributed by atoms with E-state index in [1.54, 1.807) is 0 Å². The van der Waals surface area contributed by atoms with Crippen LogP contribution >= 0.6 is 0 Å². The molecule has 2 heteroatoms. The molecule has 0 aromatic rings. The summed E-state index contributed by atoms with van der Waals surface area (Å²) in [6.45, 7) is 13.5. The molecule has 0 aliphatic carbocycles. The summed E-state index contributed by atoms with van der Waals surface area (Å²) in [6, 6.07) is 0. The Bertz CT molecular complexity index is 168. The third-order valence-corrected chi connectivity index (χ3v) is 2.86. The van der Waals surface area contributed by atoms with Crippen LogP contribution in [-0.2, 0) is 0 Å². The van der Waals surface area contributed by atoms with Crippen molar-refractivity contribution < 1.29 is 0 Å². The van der Waals surface area contributed by atoms with Gasteiger partial charge in [-0.3, -0.25) is 0 Å². The van der Waals surface area contributed by atoms with Crippen LogP contribution in [0.3, 0.4) is 0 Å². The first-order valence-corrected chi connectivity index (χ1v) is 6.16. The second kappa shape index (κ2) is 10.0. The Kier molecular flexibility index (Phi) is 9.67. The van der Waals surface area contributed by atoms with Crippen LogP contribution in [0.5, 0.6) is 0 Å². The van der Waals surface area contributed by atoms with Gasteiger partial charge in [-0.25, -0.2) is 0 Å². The summed E-state index contributed by atoms with van der Waals surface area (Å²) in [7, 11) is 0. The average Bonchev–Trinajstić information content (AvgIpc) is 2.28. The molecule has 2 nitrogen and oxygen atoms in total. The largest absolute Gasteiger partial charge is 0.304 e. The third-order valence-electron chi connectivity index (χ3n) is 2.86. The highest BCUT2D eigenvalue weighted by Crippen LogP contribution is 1.96. The van der Waals surface area contributed by atoms with Gasteiger partial charge in [-0.05, 0) is 39.1 Å². The molecule has 0 unspecified atom stereocenters. The fourth-order valence-electron chi connectivity index (χ4n) is 1.71. The van der Waals surface area contributed by atoms with E-state index in [9.17, 15) is 0 Å². The molecule has 0 aliphatic rings. The highest BCUT2D eigenvalue weighted by Gasteiger charge is 2.03. The molecule has 0 rings (SSSR count). The van der Waals surface area contributed by atoms with Crippen molar-refractivity contribution in [1.29, 1.82) is 0 Å². The molecule has 0 radical (unpaired) electrons. The van der Waals surface area contributed by atoms with E-state index in [2.05, 4.69) is 36.5 Å². The number of hydrogen-bond acceptors (Lipinski definition) is 2. The van der Waals surface area contributed by atoms with Gasteiger partial charge in [0.2, 0.25) is 0 Å². The SMILES string of the molecule is C#CCCN(CC)CCCN(CC)CC. The highest BCUT2D eigenvalue weighted by molar-refractivity contribution is 4.84. The average molecular weight is 210 g/mol. The summed E-state index contributed by atoms with van der Waals surface area (Å²) in [5.41, 5.74) is 0.